The minimum atomic E-state index is -2.74. The molecule has 1 fully saturated rings. The van der Waals surface area contributed by atoms with Crippen molar-refractivity contribution in [2.75, 3.05) is 6.54 Å². The van der Waals surface area contributed by atoms with E-state index in [1.54, 1.807) is 26.0 Å². The maximum atomic E-state index is 13.9. The zero-order chi connectivity index (χ0) is 12.5. The van der Waals surface area contributed by atoms with Crippen LogP contribution < -0.4 is 5.32 Å². The summed E-state index contributed by atoms with van der Waals surface area (Å²) in [7, 11) is 0. The normalized spacial score (nSPS) is 21.1. The molecule has 0 saturated carbocycles. The number of hydrogen-bond donors (Lipinski definition) is 1. The van der Waals surface area contributed by atoms with Crippen LogP contribution in [0.15, 0.2) is 24.3 Å². The fourth-order valence-electron chi connectivity index (χ4n) is 2.27. The van der Waals surface area contributed by atoms with Gasteiger partial charge in [-0.1, -0.05) is 32.0 Å². The van der Waals surface area contributed by atoms with Gasteiger partial charge in [0.05, 0.1) is 0 Å². The van der Waals surface area contributed by atoms with E-state index in [2.05, 4.69) is 5.32 Å². The number of alkyl halides is 2. The Kier molecular flexibility index (Phi) is 3.48. The maximum Gasteiger partial charge on any atom is 0.275 e. The highest BCUT2D eigenvalue weighted by Crippen LogP contribution is 2.37. The minimum absolute atomic E-state index is 0.138. The molecule has 0 spiro atoms. The van der Waals surface area contributed by atoms with Crippen LogP contribution in [0, 0.1) is 5.92 Å². The summed E-state index contributed by atoms with van der Waals surface area (Å²) in [5.74, 6) is -3.41. The summed E-state index contributed by atoms with van der Waals surface area (Å²) in [6, 6.07) is 7.10. The number of benzene rings is 1. The van der Waals surface area contributed by atoms with Gasteiger partial charge in [0.15, 0.2) is 0 Å². The molecule has 1 atom stereocenters. The number of nitrogens with one attached hydrogen (secondary N) is 1. The van der Waals surface area contributed by atoms with Crippen molar-refractivity contribution in [2.45, 2.75) is 38.7 Å². The highest BCUT2D eigenvalue weighted by Gasteiger charge is 2.35. The van der Waals surface area contributed by atoms with Gasteiger partial charge in [-0.25, -0.2) is 8.78 Å². The van der Waals surface area contributed by atoms with E-state index in [0.717, 1.165) is 24.9 Å². The zero-order valence-electron chi connectivity index (χ0n) is 10.3. The number of halogens is 2. The van der Waals surface area contributed by atoms with Crippen molar-refractivity contribution in [3.05, 3.63) is 35.4 Å². The predicted octanol–water partition coefficient (Wildman–Crippen LogP) is 3.86. The largest absolute Gasteiger partial charge is 0.310 e. The van der Waals surface area contributed by atoms with Gasteiger partial charge in [0.25, 0.3) is 5.92 Å². The maximum absolute atomic E-state index is 13.9. The Morgan fingerprint density at radius 1 is 1.35 bits per heavy atom. The molecule has 1 aliphatic heterocycles. The summed E-state index contributed by atoms with van der Waals surface area (Å²) in [5.41, 5.74) is 1.12. The zero-order valence-corrected chi connectivity index (χ0v) is 10.3. The highest BCUT2D eigenvalue weighted by atomic mass is 19.3. The average molecular weight is 239 g/mol. The van der Waals surface area contributed by atoms with Crippen molar-refractivity contribution < 1.29 is 8.78 Å². The third-order valence-electron chi connectivity index (χ3n) is 3.46. The first kappa shape index (κ1) is 12.5. The Morgan fingerprint density at radius 3 is 2.71 bits per heavy atom. The van der Waals surface area contributed by atoms with E-state index in [9.17, 15) is 8.78 Å². The molecule has 1 saturated heterocycles. The standard InChI is InChI=1S/C14H19F2N/c1-10(2)14(15,16)12-6-3-5-11(9-12)13-7-4-8-17-13/h3,5-6,9-10,13,17H,4,7-8H2,1-2H3. The summed E-state index contributed by atoms with van der Waals surface area (Å²) >= 11 is 0. The second-order valence-corrected chi connectivity index (χ2v) is 5.05. The van der Waals surface area contributed by atoms with Gasteiger partial charge in [-0.3, -0.25) is 0 Å². The van der Waals surface area contributed by atoms with Gasteiger partial charge >= 0.3 is 0 Å². The van der Waals surface area contributed by atoms with Crippen molar-refractivity contribution in [3.63, 3.8) is 0 Å². The Hall–Kier alpha value is -0.960. The van der Waals surface area contributed by atoms with Crippen LogP contribution in [-0.2, 0) is 5.92 Å². The lowest BCUT2D eigenvalue weighted by Gasteiger charge is -2.22. The van der Waals surface area contributed by atoms with Crippen LogP contribution in [0.3, 0.4) is 0 Å². The van der Waals surface area contributed by atoms with Gasteiger partial charge in [0.1, 0.15) is 0 Å². The molecule has 94 valence electrons. The second kappa shape index (κ2) is 4.73. The van der Waals surface area contributed by atoms with Crippen LogP contribution in [0.25, 0.3) is 0 Å². The predicted molar refractivity (Wildman–Crippen MR) is 65.2 cm³/mol. The monoisotopic (exact) mass is 239 g/mol. The molecule has 1 N–H and O–H groups in total. The molecule has 1 nitrogen and oxygen atoms in total. The summed E-state index contributed by atoms with van der Waals surface area (Å²) in [4.78, 5) is 0. The molecule has 2 rings (SSSR count). The van der Waals surface area contributed by atoms with Crippen LogP contribution in [0.2, 0.25) is 0 Å². The van der Waals surface area contributed by atoms with Crippen molar-refractivity contribution in [1.29, 1.82) is 0 Å². The smallest absolute Gasteiger partial charge is 0.275 e. The molecule has 0 aliphatic carbocycles. The fourth-order valence-corrected chi connectivity index (χ4v) is 2.27. The molecule has 0 bridgehead atoms. The highest BCUT2D eigenvalue weighted by molar-refractivity contribution is 5.29. The minimum Gasteiger partial charge on any atom is -0.310 e. The average Bonchev–Trinajstić information content (AvgIpc) is 2.82. The molecule has 1 aliphatic rings. The van der Waals surface area contributed by atoms with Gasteiger partial charge in [0.2, 0.25) is 0 Å². The topological polar surface area (TPSA) is 12.0 Å². The van der Waals surface area contributed by atoms with Crippen LogP contribution in [0.5, 0.6) is 0 Å². The summed E-state index contributed by atoms with van der Waals surface area (Å²) in [6.07, 6.45) is 2.16. The van der Waals surface area contributed by atoms with E-state index in [-0.39, 0.29) is 11.6 Å². The van der Waals surface area contributed by atoms with Gasteiger partial charge in [-0.2, -0.15) is 0 Å². The van der Waals surface area contributed by atoms with E-state index in [0.29, 0.717) is 0 Å². The lowest BCUT2D eigenvalue weighted by Crippen LogP contribution is -2.21. The van der Waals surface area contributed by atoms with Gasteiger partial charge < -0.3 is 5.32 Å². The Bertz CT molecular complexity index is 382. The van der Waals surface area contributed by atoms with Gasteiger partial charge in [-0.05, 0) is 31.0 Å². The molecule has 0 aromatic heterocycles. The van der Waals surface area contributed by atoms with E-state index in [1.165, 1.54) is 6.07 Å². The van der Waals surface area contributed by atoms with E-state index < -0.39 is 11.8 Å². The summed E-state index contributed by atoms with van der Waals surface area (Å²) < 4.78 is 27.9. The second-order valence-electron chi connectivity index (χ2n) is 5.05. The van der Waals surface area contributed by atoms with E-state index in [1.807, 2.05) is 6.07 Å². The van der Waals surface area contributed by atoms with E-state index in [4.69, 9.17) is 0 Å². The fraction of sp³-hybridized carbons (Fsp3) is 0.571. The van der Waals surface area contributed by atoms with Crippen molar-refractivity contribution in [3.8, 4) is 0 Å². The number of hydrogen-bond acceptors (Lipinski definition) is 1. The molecule has 1 aromatic carbocycles. The first-order chi connectivity index (χ1) is 8.01. The lowest BCUT2D eigenvalue weighted by atomic mass is 9.94. The third kappa shape index (κ3) is 2.49. The Morgan fingerprint density at radius 2 is 2.12 bits per heavy atom. The molecular weight excluding hydrogens is 220 g/mol. The SMILES string of the molecule is CC(C)C(F)(F)c1cccc(C2CCCN2)c1. The molecule has 1 heterocycles. The molecule has 17 heavy (non-hydrogen) atoms. The molecule has 0 radical (unpaired) electrons. The molecule has 0 amide bonds. The van der Waals surface area contributed by atoms with Crippen molar-refractivity contribution in [2.24, 2.45) is 5.92 Å². The molecular formula is C14H19F2N. The summed E-state index contributed by atoms with van der Waals surface area (Å²) in [5, 5.41) is 3.34. The Labute approximate surface area is 101 Å². The van der Waals surface area contributed by atoms with Crippen molar-refractivity contribution in [1.82, 2.24) is 5.32 Å². The van der Waals surface area contributed by atoms with Crippen molar-refractivity contribution >= 4 is 0 Å². The van der Waals surface area contributed by atoms with Gasteiger partial charge in [-0.15, -0.1) is 0 Å². The molecule has 1 aromatic rings. The van der Waals surface area contributed by atoms with Crippen LogP contribution in [0.4, 0.5) is 8.78 Å². The first-order valence-electron chi connectivity index (χ1n) is 6.23. The third-order valence-corrected chi connectivity index (χ3v) is 3.46. The Balaban J connectivity index is 2.27. The number of rotatable bonds is 3. The van der Waals surface area contributed by atoms with Crippen LogP contribution in [-0.4, -0.2) is 6.54 Å². The quantitative estimate of drug-likeness (QED) is 0.844. The lowest BCUT2D eigenvalue weighted by molar-refractivity contribution is -0.0514. The van der Waals surface area contributed by atoms with Crippen LogP contribution in [0.1, 0.15) is 43.9 Å². The molecule has 3 heteroatoms. The van der Waals surface area contributed by atoms with Crippen LogP contribution >= 0.6 is 0 Å². The summed E-state index contributed by atoms with van der Waals surface area (Å²) in [6.45, 7) is 4.09. The first-order valence-corrected chi connectivity index (χ1v) is 6.23. The van der Waals surface area contributed by atoms with Gasteiger partial charge in [0, 0.05) is 17.5 Å². The molecule has 1 unspecified atom stereocenters. The van der Waals surface area contributed by atoms with E-state index >= 15 is 0 Å².